The van der Waals surface area contributed by atoms with E-state index in [0.717, 1.165) is 19.4 Å². The first-order valence-electron chi connectivity index (χ1n) is 4.36. The van der Waals surface area contributed by atoms with Crippen molar-refractivity contribution in [2.24, 2.45) is 0 Å². The first kappa shape index (κ1) is 10.9. The minimum absolute atomic E-state index is 0.577. The van der Waals surface area contributed by atoms with Gasteiger partial charge in [-0.2, -0.15) is 0 Å². The van der Waals surface area contributed by atoms with Crippen LogP contribution in [0.4, 0.5) is 0 Å². The molecule has 11 heavy (non-hydrogen) atoms. The van der Waals surface area contributed by atoms with Crippen molar-refractivity contribution in [3.8, 4) is 0 Å². The average molecular weight is 160 g/mol. The zero-order valence-corrected chi connectivity index (χ0v) is 7.89. The summed E-state index contributed by atoms with van der Waals surface area (Å²) in [5.41, 5.74) is -0.577. The monoisotopic (exact) mass is 160 g/mol. The van der Waals surface area contributed by atoms with Gasteiger partial charge < -0.3 is 9.84 Å². The second kappa shape index (κ2) is 5.56. The van der Waals surface area contributed by atoms with Gasteiger partial charge in [0.05, 0.1) is 5.60 Å². The van der Waals surface area contributed by atoms with Crippen molar-refractivity contribution in [3.63, 3.8) is 0 Å². The van der Waals surface area contributed by atoms with Gasteiger partial charge in [-0.3, -0.25) is 0 Å². The van der Waals surface area contributed by atoms with Crippen LogP contribution in [0.2, 0.25) is 0 Å². The summed E-state index contributed by atoms with van der Waals surface area (Å²) in [7, 11) is 0. The maximum absolute atomic E-state index is 9.29. The predicted octanol–water partition coefficient (Wildman–Crippen LogP) is 1.96. The second-order valence-corrected chi connectivity index (χ2v) is 3.53. The molecule has 0 unspecified atom stereocenters. The predicted molar refractivity (Wildman–Crippen MR) is 46.6 cm³/mol. The Morgan fingerprint density at radius 2 is 1.91 bits per heavy atom. The molecule has 0 aromatic carbocycles. The molecule has 0 aliphatic carbocycles. The first-order chi connectivity index (χ1) is 5.06. The summed E-state index contributed by atoms with van der Waals surface area (Å²) in [5, 5.41) is 9.29. The van der Waals surface area contributed by atoms with Crippen LogP contribution < -0.4 is 0 Å². The van der Waals surface area contributed by atoms with Crippen molar-refractivity contribution in [1.82, 2.24) is 0 Å². The fraction of sp³-hybridized carbons (Fsp3) is 1.00. The van der Waals surface area contributed by atoms with Gasteiger partial charge in [0.15, 0.2) is 0 Å². The van der Waals surface area contributed by atoms with Gasteiger partial charge in [-0.1, -0.05) is 13.3 Å². The lowest BCUT2D eigenvalue weighted by atomic mass is 10.1. The zero-order chi connectivity index (χ0) is 8.74. The summed E-state index contributed by atoms with van der Waals surface area (Å²) >= 11 is 0. The van der Waals surface area contributed by atoms with Crippen LogP contribution in [0, 0.1) is 0 Å². The molecule has 0 heterocycles. The molecule has 0 aromatic rings. The Kier molecular flexibility index (Phi) is 5.51. The van der Waals surface area contributed by atoms with Crippen LogP contribution in [0.5, 0.6) is 0 Å². The van der Waals surface area contributed by atoms with Gasteiger partial charge in [0.2, 0.25) is 0 Å². The van der Waals surface area contributed by atoms with E-state index in [9.17, 15) is 5.11 Å². The van der Waals surface area contributed by atoms with Gasteiger partial charge in [0.25, 0.3) is 0 Å². The largest absolute Gasteiger partial charge is 0.390 e. The SMILES string of the molecule is CCCCOCCC(C)(C)O. The fourth-order valence-electron chi connectivity index (χ4n) is 0.670. The van der Waals surface area contributed by atoms with Crippen LogP contribution >= 0.6 is 0 Å². The molecule has 2 heteroatoms. The number of rotatable bonds is 6. The highest BCUT2D eigenvalue weighted by molar-refractivity contribution is 4.63. The quantitative estimate of drug-likeness (QED) is 0.602. The molecule has 0 aliphatic rings. The topological polar surface area (TPSA) is 29.5 Å². The molecular formula is C9H20O2. The first-order valence-corrected chi connectivity index (χ1v) is 4.36. The molecule has 0 spiro atoms. The smallest absolute Gasteiger partial charge is 0.0613 e. The zero-order valence-electron chi connectivity index (χ0n) is 7.89. The van der Waals surface area contributed by atoms with E-state index < -0.39 is 5.60 Å². The van der Waals surface area contributed by atoms with Gasteiger partial charge in [0, 0.05) is 13.2 Å². The molecule has 0 rings (SSSR count). The van der Waals surface area contributed by atoms with Crippen LogP contribution in [0.3, 0.4) is 0 Å². The van der Waals surface area contributed by atoms with Gasteiger partial charge >= 0.3 is 0 Å². The minimum atomic E-state index is -0.577. The van der Waals surface area contributed by atoms with Crippen LogP contribution in [-0.2, 0) is 4.74 Å². The summed E-state index contributed by atoms with van der Waals surface area (Å²) in [4.78, 5) is 0. The third-order valence-corrected chi connectivity index (χ3v) is 1.50. The molecule has 0 amide bonds. The molecule has 0 radical (unpaired) electrons. The van der Waals surface area contributed by atoms with Crippen molar-refractivity contribution in [2.45, 2.75) is 45.6 Å². The van der Waals surface area contributed by atoms with Gasteiger partial charge in [-0.25, -0.2) is 0 Å². The molecule has 0 saturated heterocycles. The lowest BCUT2D eigenvalue weighted by Crippen LogP contribution is -2.21. The Morgan fingerprint density at radius 3 is 2.36 bits per heavy atom. The van der Waals surface area contributed by atoms with E-state index in [4.69, 9.17) is 4.74 Å². The highest BCUT2D eigenvalue weighted by Crippen LogP contribution is 2.06. The van der Waals surface area contributed by atoms with E-state index >= 15 is 0 Å². The molecule has 0 atom stereocenters. The van der Waals surface area contributed by atoms with E-state index in [1.54, 1.807) is 13.8 Å². The van der Waals surface area contributed by atoms with Crippen molar-refractivity contribution < 1.29 is 9.84 Å². The molecule has 2 nitrogen and oxygen atoms in total. The number of hydrogen-bond donors (Lipinski definition) is 1. The maximum atomic E-state index is 9.29. The Morgan fingerprint density at radius 1 is 1.27 bits per heavy atom. The van der Waals surface area contributed by atoms with Crippen LogP contribution in [0.25, 0.3) is 0 Å². The van der Waals surface area contributed by atoms with Crippen molar-refractivity contribution in [1.29, 1.82) is 0 Å². The highest BCUT2D eigenvalue weighted by Gasteiger charge is 2.10. The number of unbranched alkanes of at least 4 members (excludes halogenated alkanes) is 1. The third kappa shape index (κ3) is 9.92. The van der Waals surface area contributed by atoms with E-state index in [1.807, 2.05) is 0 Å². The molecule has 0 bridgehead atoms. The lowest BCUT2D eigenvalue weighted by molar-refractivity contribution is 0.0278. The molecular weight excluding hydrogens is 140 g/mol. The van der Waals surface area contributed by atoms with Crippen molar-refractivity contribution >= 4 is 0 Å². The van der Waals surface area contributed by atoms with Crippen LogP contribution in [0.15, 0.2) is 0 Å². The van der Waals surface area contributed by atoms with E-state index in [1.165, 1.54) is 6.42 Å². The summed E-state index contributed by atoms with van der Waals surface area (Å²) in [5.74, 6) is 0. The normalized spacial score (nSPS) is 12.0. The Bertz CT molecular complexity index is 84.1. The lowest BCUT2D eigenvalue weighted by Gasteiger charge is -2.16. The Balaban J connectivity index is 3.02. The maximum Gasteiger partial charge on any atom is 0.0613 e. The minimum Gasteiger partial charge on any atom is -0.390 e. The summed E-state index contributed by atoms with van der Waals surface area (Å²) in [6.07, 6.45) is 3.01. The fourth-order valence-corrected chi connectivity index (χ4v) is 0.670. The second-order valence-electron chi connectivity index (χ2n) is 3.53. The number of hydrogen-bond acceptors (Lipinski definition) is 2. The molecule has 0 saturated carbocycles. The standard InChI is InChI=1S/C9H20O2/c1-4-5-7-11-8-6-9(2,3)10/h10H,4-8H2,1-3H3. The Hall–Kier alpha value is -0.0800. The molecule has 68 valence electrons. The average Bonchev–Trinajstić information content (AvgIpc) is 1.85. The van der Waals surface area contributed by atoms with Crippen molar-refractivity contribution in [3.05, 3.63) is 0 Å². The van der Waals surface area contributed by atoms with Crippen LogP contribution in [0.1, 0.15) is 40.0 Å². The Labute approximate surface area is 69.6 Å². The molecule has 0 aliphatic heterocycles. The summed E-state index contributed by atoms with van der Waals surface area (Å²) in [6.45, 7) is 7.24. The highest BCUT2D eigenvalue weighted by atomic mass is 16.5. The van der Waals surface area contributed by atoms with Gasteiger partial charge in [-0.05, 0) is 26.7 Å². The number of aliphatic hydroxyl groups is 1. The van der Waals surface area contributed by atoms with Gasteiger partial charge in [-0.15, -0.1) is 0 Å². The van der Waals surface area contributed by atoms with E-state index in [-0.39, 0.29) is 0 Å². The van der Waals surface area contributed by atoms with E-state index in [0.29, 0.717) is 6.61 Å². The summed E-state index contributed by atoms with van der Waals surface area (Å²) < 4.78 is 5.29. The third-order valence-electron chi connectivity index (χ3n) is 1.50. The van der Waals surface area contributed by atoms with E-state index in [2.05, 4.69) is 6.92 Å². The van der Waals surface area contributed by atoms with Crippen LogP contribution in [-0.4, -0.2) is 23.9 Å². The molecule has 1 N–H and O–H groups in total. The van der Waals surface area contributed by atoms with Gasteiger partial charge in [0.1, 0.15) is 0 Å². The molecule has 0 aromatic heterocycles. The summed E-state index contributed by atoms with van der Waals surface area (Å²) in [6, 6.07) is 0. The number of ether oxygens (including phenoxy) is 1. The molecule has 0 fully saturated rings. The van der Waals surface area contributed by atoms with Crippen molar-refractivity contribution in [2.75, 3.05) is 13.2 Å².